The molecule has 1 atom stereocenters. The average molecular weight is 155 g/mol. The molecule has 1 heterocycles. The SMILES string of the molecule is CC[C@H](CN)c1ccsc1. The Morgan fingerprint density at radius 3 is 2.90 bits per heavy atom. The number of rotatable bonds is 3. The van der Waals surface area contributed by atoms with Gasteiger partial charge in [-0.25, -0.2) is 0 Å². The second-order valence-electron chi connectivity index (χ2n) is 2.40. The summed E-state index contributed by atoms with van der Waals surface area (Å²) < 4.78 is 0. The number of nitrogens with two attached hydrogens (primary N) is 1. The van der Waals surface area contributed by atoms with E-state index in [9.17, 15) is 0 Å². The first-order chi connectivity index (χ1) is 4.88. The molecular weight excluding hydrogens is 142 g/mol. The van der Waals surface area contributed by atoms with E-state index in [0.717, 1.165) is 13.0 Å². The molecule has 10 heavy (non-hydrogen) atoms. The maximum absolute atomic E-state index is 5.58. The second-order valence-corrected chi connectivity index (χ2v) is 3.18. The molecule has 0 aromatic carbocycles. The molecule has 1 aromatic heterocycles. The summed E-state index contributed by atoms with van der Waals surface area (Å²) in [5, 5.41) is 4.29. The maximum atomic E-state index is 5.58. The van der Waals surface area contributed by atoms with Crippen LogP contribution in [0.4, 0.5) is 0 Å². The molecule has 0 fully saturated rings. The van der Waals surface area contributed by atoms with Crippen molar-refractivity contribution in [1.82, 2.24) is 0 Å². The predicted molar refractivity (Wildman–Crippen MR) is 46.4 cm³/mol. The van der Waals surface area contributed by atoms with Crippen molar-refractivity contribution in [2.24, 2.45) is 5.73 Å². The summed E-state index contributed by atoms with van der Waals surface area (Å²) in [6.45, 7) is 2.95. The second kappa shape index (κ2) is 3.74. The van der Waals surface area contributed by atoms with Crippen LogP contribution in [0.25, 0.3) is 0 Å². The minimum absolute atomic E-state index is 0.575. The van der Waals surface area contributed by atoms with Crippen molar-refractivity contribution in [2.75, 3.05) is 6.54 Å². The first-order valence-electron chi connectivity index (χ1n) is 3.60. The lowest BCUT2D eigenvalue weighted by molar-refractivity contribution is 0.677. The van der Waals surface area contributed by atoms with E-state index in [1.807, 2.05) is 0 Å². The number of hydrogen-bond donors (Lipinski definition) is 1. The zero-order valence-electron chi connectivity index (χ0n) is 6.21. The van der Waals surface area contributed by atoms with Crippen LogP contribution in [0.2, 0.25) is 0 Å². The Balaban J connectivity index is 2.64. The Hall–Kier alpha value is -0.340. The largest absolute Gasteiger partial charge is 0.330 e. The minimum atomic E-state index is 0.575. The normalized spacial score (nSPS) is 13.4. The average Bonchev–Trinajstić information content (AvgIpc) is 2.43. The highest BCUT2D eigenvalue weighted by molar-refractivity contribution is 7.07. The third-order valence-corrected chi connectivity index (χ3v) is 2.49. The van der Waals surface area contributed by atoms with E-state index < -0.39 is 0 Å². The van der Waals surface area contributed by atoms with E-state index in [-0.39, 0.29) is 0 Å². The van der Waals surface area contributed by atoms with E-state index >= 15 is 0 Å². The smallest absolute Gasteiger partial charge is 0.000804 e. The molecule has 0 spiro atoms. The van der Waals surface area contributed by atoms with E-state index in [2.05, 4.69) is 23.8 Å². The Morgan fingerprint density at radius 1 is 1.70 bits per heavy atom. The third kappa shape index (κ3) is 1.58. The van der Waals surface area contributed by atoms with Crippen LogP contribution in [0.15, 0.2) is 16.8 Å². The van der Waals surface area contributed by atoms with E-state index in [1.54, 1.807) is 11.3 Å². The molecule has 0 radical (unpaired) electrons. The van der Waals surface area contributed by atoms with Crippen LogP contribution in [0, 0.1) is 0 Å². The standard InChI is InChI=1S/C8H13NS/c1-2-7(5-9)8-3-4-10-6-8/h3-4,6-7H,2,5,9H2,1H3/t7-/m1/s1. The summed E-state index contributed by atoms with van der Waals surface area (Å²) in [7, 11) is 0. The Bertz CT molecular complexity index is 165. The van der Waals surface area contributed by atoms with Crippen molar-refractivity contribution in [3.05, 3.63) is 22.4 Å². The molecule has 0 aliphatic carbocycles. The van der Waals surface area contributed by atoms with Crippen LogP contribution < -0.4 is 5.73 Å². The highest BCUT2D eigenvalue weighted by Gasteiger charge is 2.05. The van der Waals surface area contributed by atoms with Gasteiger partial charge >= 0.3 is 0 Å². The number of thiophene rings is 1. The van der Waals surface area contributed by atoms with E-state index in [0.29, 0.717) is 5.92 Å². The molecule has 0 aliphatic heterocycles. The first-order valence-corrected chi connectivity index (χ1v) is 4.55. The Morgan fingerprint density at radius 2 is 2.50 bits per heavy atom. The van der Waals surface area contributed by atoms with Gasteiger partial charge in [-0.1, -0.05) is 6.92 Å². The monoisotopic (exact) mass is 155 g/mol. The zero-order chi connectivity index (χ0) is 7.40. The van der Waals surface area contributed by atoms with Crippen LogP contribution in [0.3, 0.4) is 0 Å². The fraction of sp³-hybridized carbons (Fsp3) is 0.500. The summed E-state index contributed by atoms with van der Waals surface area (Å²) in [6.07, 6.45) is 1.15. The van der Waals surface area contributed by atoms with Crippen molar-refractivity contribution in [1.29, 1.82) is 0 Å². The highest BCUT2D eigenvalue weighted by atomic mass is 32.1. The van der Waals surface area contributed by atoms with Gasteiger partial charge in [-0.15, -0.1) is 0 Å². The van der Waals surface area contributed by atoms with Crippen molar-refractivity contribution in [2.45, 2.75) is 19.3 Å². The van der Waals surface area contributed by atoms with Gasteiger partial charge in [-0.3, -0.25) is 0 Å². The quantitative estimate of drug-likeness (QED) is 0.711. The Labute approximate surface area is 65.9 Å². The van der Waals surface area contributed by atoms with Crippen molar-refractivity contribution >= 4 is 11.3 Å². The summed E-state index contributed by atoms with van der Waals surface area (Å²) in [5.74, 6) is 0.575. The van der Waals surface area contributed by atoms with Crippen LogP contribution in [0.1, 0.15) is 24.8 Å². The van der Waals surface area contributed by atoms with Gasteiger partial charge in [0.25, 0.3) is 0 Å². The number of hydrogen-bond acceptors (Lipinski definition) is 2. The minimum Gasteiger partial charge on any atom is -0.330 e. The molecule has 2 N–H and O–H groups in total. The van der Waals surface area contributed by atoms with Gasteiger partial charge in [0, 0.05) is 0 Å². The van der Waals surface area contributed by atoms with Gasteiger partial charge in [0.2, 0.25) is 0 Å². The van der Waals surface area contributed by atoms with Crippen molar-refractivity contribution in [3.8, 4) is 0 Å². The Kier molecular flexibility index (Phi) is 2.90. The van der Waals surface area contributed by atoms with E-state index in [4.69, 9.17) is 5.73 Å². The van der Waals surface area contributed by atoms with Crippen LogP contribution in [-0.2, 0) is 0 Å². The van der Waals surface area contributed by atoms with Gasteiger partial charge in [-0.2, -0.15) is 11.3 Å². The van der Waals surface area contributed by atoms with E-state index in [1.165, 1.54) is 5.56 Å². The lowest BCUT2D eigenvalue weighted by Crippen LogP contribution is -2.10. The predicted octanol–water partition coefficient (Wildman–Crippen LogP) is 2.20. The van der Waals surface area contributed by atoms with Gasteiger partial charge in [-0.05, 0) is 41.3 Å². The summed E-state index contributed by atoms with van der Waals surface area (Å²) >= 11 is 1.74. The molecule has 2 heteroatoms. The third-order valence-electron chi connectivity index (χ3n) is 1.79. The van der Waals surface area contributed by atoms with Crippen LogP contribution in [0.5, 0.6) is 0 Å². The summed E-state index contributed by atoms with van der Waals surface area (Å²) in [5.41, 5.74) is 6.98. The molecule has 0 unspecified atom stereocenters. The van der Waals surface area contributed by atoms with Gasteiger partial charge < -0.3 is 5.73 Å². The lowest BCUT2D eigenvalue weighted by Gasteiger charge is -2.08. The van der Waals surface area contributed by atoms with Crippen LogP contribution in [-0.4, -0.2) is 6.54 Å². The lowest BCUT2D eigenvalue weighted by atomic mass is 10.0. The van der Waals surface area contributed by atoms with Crippen molar-refractivity contribution < 1.29 is 0 Å². The molecule has 1 aromatic rings. The molecule has 56 valence electrons. The van der Waals surface area contributed by atoms with Gasteiger partial charge in [0.1, 0.15) is 0 Å². The topological polar surface area (TPSA) is 26.0 Å². The molecule has 0 bridgehead atoms. The molecule has 0 saturated heterocycles. The van der Waals surface area contributed by atoms with Gasteiger partial charge in [0.05, 0.1) is 0 Å². The molecular formula is C8H13NS. The molecule has 1 rings (SSSR count). The van der Waals surface area contributed by atoms with Gasteiger partial charge in [0.15, 0.2) is 0 Å². The first kappa shape index (κ1) is 7.76. The molecule has 0 aliphatic rings. The van der Waals surface area contributed by atoms with Crippen LogP contribution >= 0.6 is 11.3 Å². The summed E-state index contributed by atoms with van der Waals surface area (Å²) in [6, 6.07) is 2.16. The zero-order valence-corrected chi connectivity index (χ0v) is 7.03. The summed E-state index contributed by atoms with van der Waals surface area (Å²) in [4.78, 5) is 0. The highest BCUT2D eigenvalue weighted by Crippen LogP contribution is 2.19. The molecule has 0 amide bonds. The molecule has 0 saturated carbocycles. The fourth-order valence-electron chi connectivity index (χ4n) is 1.05. The fourth-order valence-corrected chi connectivity index (χ4v) is 1.79. The van der Waals surface area contributed by atoms with Crippen molar-refractivity contribution in [3.63, 3.8) is 0 Å². The maximum Gasteiger partial charge on any atom is -0.000804 e. The molecule has 1 nitrogen and oxygen atoms in total.